The largest absolute Gasteiger partial charge is 0.491 e. The van der Waals surface area contributed by atoms with Gasteiger partial charge in [-0.3, -0.25) is 9.10 Å². The number of halogens is 1. The van der Waals surface area contributed by atoms with Crippen LogP contribution in [0.1, 0.15) is 13.8 Å². The van der Waals surface area contributed by atoms with Crippen molar-refractivity contribution in [2.24, 2.45) is 0 Å². The molecule has 2 aromatic rings. The van der Waals surface area contributed by atoms with Crippen LogP contribution in [0.15, 0.2) is 53.0 Å². The second-order valence-electron chi connectivity index (χ2n) is 5.99. The number of hydrogen-bond donors (Lipinski definition) is 1. The second kappa shape index (κ2) is 8.55. The van der Waals surface area contributed by atoms with Crippen LogP contribution in [-0.4, -0.2) is 33.2 Å². The molecule has 2 rings (SSSR count). The average Bonchev–Trinajstić information content (AvgIpc) is 2.54. The summed E-state index contributed by atoms with van der Waals surface area (Å²) in [6, 6.07) is 13.6. The van der Waals surface area contributed by atoms with E-state index in [1.165, 1.54) is 0 Å². The van der Waals surface area contributed by atoms with Crippen LogP contribution < -0.4 is 14.4 Å². The van der Waals surface area contributed by atoms with Gasteiger partial charge in [0.25, 0.3) is 0 Å². The molecule has 0 fully saturated rings. The molecule has 0 aromatic heterocycles. The zero-order valence-electron chi connectivity index (χ0n) is 14.8. The van der Waals surface area contributed by atoms with Crippen molar-refractivity contribution in [1.29, 1.82) is 0 Å². The third-order valence-electron chi connectivity index (χ3n) is 3.31. The Morgan fingerprint density at radius 2 is 1.69 bits per heavy atom. The zero-order chi connectivity index (χ0) is 19.3. The number of sulfonamides is 1. The maximum Gasteiger partial charge on any atom is 0.245 e. The smallest absolute Gasteiger partial charge is 0.245 e. The molecular weight excluding hydrogens is 420 g/mol. The second-order valence-corrected chi connectivity index (χ2v) is 8.81. The molecule has 140 valence electrons. The van der Waals surface area contributed by atoms with Gasteiger partial charge < -0.3 is 10.1 Å². The van der Waals surface area contributed by atoms with Gasteiger partial charge >= 0.3 is 0 Å². The lowest BCUT2D eigenvalue weighted by atomic mass is 10.3. The van der Waals surface area contributed by atoms with Crippen LogP contribution in [0.4, 0.5) is 11.4 Å². The van der Waals surface area contributed by atoms with Crippen molar-refractivity contribution >= 4 is 43.2 Å². The van der Waals surface area contributed by atoms with Gasteiger partial charge in [0, 0.05) is 10.2 Å². The first-order valence-electron chi connectivity index (χ1n) is 7.95. The molecule has 0 atom stereocenters. The van der Waals surface area contributed by atoms with Crippen molar-refractivity contribution < 1.29 is 17.9 Å². The molecular formula is C18H21BrN2O4S. The number of benzene rings is 2. The van der Waals surface area contributed by atoms with E-state index in [9.17, 15) is 13.2 Å². The number of carbonyl (C=O) groups excluding carboxylic acids is 1. The summed E-state index contributed by atoms with van der Waals surface area (Å²) in [5.41, 5.74) is 0.988. The molecule has 0 radical (unpaired) electrons. The van der Waals surface area contributed by atoms with Crippen molar-refractivity contribution in [3.05, 3.63) is 53.0 Å². The summed E-state index contributed by atoms with van der Waals surface area (Å²) < 4.78 is 31.6. The third-order valence-corrected chi connectivity index (χ3v) is 4.98. The van der Waals surface area contributed by atoms with Gasteiger partial charge in [-0.2, -0.15) is 0 Å². The van der Waals surface area contributed by atoms with Gasteiger partial charge in [0.1, 0.15) is 12.3 Å². The number of carbonyl (C=O) groups is 1. The van der Waals surface area contributed by atoms with Crippen molar-refractivity contribution in [2.75, 3.05) is 22.4 Å². The molecule has 1 N–H and O–H groups in total. The van der Waals surface area contributed by atoms with Gasteiger partial charge in [-0.15, -0.1) is 0 Å². The van der Waals surface area contributed by atoms with Gasteiger partial charge in [0.15, 0.2) is 0 Å². The Kier molecular flexibility index (Phi) is 6.66. The number of anilines is 2. The van der Waals surface area contributed by atoms with Crippen molar-refractivity contribution in [3.63, 3.8) is 0 Å². The quantitative estimate of drug-likeness (QED) is 0.712. The Morgan fingerprint density at radius 3 is 2.19 bits per heavy atom. The first-order valence-corrected chi connectivity index (χ1v) is 10.6. The molecule has 0 saturated heterocycles. The SMILES string of the molecule is CC(C)Oc1ccc(NC(=O)CN(c2ccc(Br)cc2)S(C)(=O)=O)cc1. The van der Waals surface area contributed by atoms with Gasteiger partial charge in [0.05, 0.1) is 18.0 Å². The predicted molar refractivity (Wildman–Crippen MR) is 107 cm³/mol. The highest BCUT2D eigenvalue weighted by atomic mass is 79.9. The summed E-state index contributed by atoms with van der Waals surface area (Å²) >= 11 is 3.30. The van der Waals surface area contributed by atoms with Crippen molar-refractivity contribution in [1.82, 2.24) is 0 Å². The predicted octanol–water partition coefficient (Wildman–Crippen LogP) is 3.64. The Morgan fingerprint density at radius 1 is 1.12 bits per heavy atom. The van der Waals surface area contributed by atoms with E-state index < -0.39 is 15.9 Å². The third kappa shape index (κ3) is 6.03. The van der Waals surface area contributed by atoms with Crippen molar-refractivity contribution in [2.45, 2.75) is 20.0 Å². The van der Waals surface area contributed by atoms with Gasteiger partial charge in [-0.05, 0) is 62.4 Å². The Hall–Kier alpha value is -2.06. The number of amides is 1. The number of nitrogens with one attached hydrogen (secondary N) is 1. The number of hydrogen-bond acceptors (Lipinski definition) is 4. The zero-order valence-corrected chi connectivity index (χ0v) is 17.2. The number of rotatable bonds is 7. The maximum atomic E-state index is 12.3. The average molecular weight is 441 g/mol. The Labute approximate surface area is 162 Å². The standard InChI is InChI=1S/C18H21BrN2O4S/c1-13(2)25-17-10-6-15(7-11-17)20-18(22)12-21(26(3,23)24)16-8-4-14(19)5-9-16/h4-11,13H,12H2,1-3H3,(H,20,22). The molecule has 8 heteroatoms. The van der Waals surface area contributed by atoms with Crippen LogP contribution in [-0.2, 0) is 14.8 Å². The molecule has 0 bridgehead atoms. The van der Waals surface area contributed by atoms with Crippen LogP contribution in [0.5, 0.6) is 5.75 Å². The highest BCUT2D eigenvalue weighted by Gasteiger charge is 2.20. The fourth-order valence-electron chi connectivity index (χ4n) is 2.23. The van der Waals surface area contributed by atoms with Crippen molar-refractivity contribution in [3.8, 4) is 5.75 Å². The monoisotopic (exact) mass is 440 g/mol. The van der Waals surface area contributed by atoms with E-state index in [1.807, 2.05) is 13.8 Å². The van der Waals surface area contributed by atoms with Gasteiger partial charge in [-0.25, -0.2) is 8.42 Å². The lowest BCUT2D eigenvalue weighted by Crippen LogP contribution is -2.37. The highest BCUT2D eigenvalue weighted by molar-refractivity contribution is 9.10. The van der Waals surface area contributed by atoms with Crippen LogP contribution in [0.2, 0.25) is 0 Å². The molecule has 1 amide bonds. The number of ether oxygens (including phenoxy) is 1. The molecule has 0 aliphatic heterocycles. The minimum absolute atomic E-state index is 0.0599. The molecule has 26 heavy (non-hydrogen) atoms. The Balaban J connectivity index is 2.09. The van der Waals surface area contributed by atoms with E-state index >= 15 is 0 Å². The summed E-state index contributed by atoms with van der Waals surface area (Å²) in [4.78, 5) is 12.3. The van der Waals surface area contributed by atoms with E-state index in [0.29, 0.717) is 17.1 Å². The molecule has 0 saturated carbocycles. The van der Waals surface area contributed by atoms with Gasteiger partial charge in [-0.1, -0.05) is 15.9 Å². The summed E-state index contributed by atoms with van der Waals surface area (Å²) in [7, 11) is -3.60. The summed E-state index contributed by atoms with van der Waals surface area (Å²) in [5.74, 6) is 0.265. The fourth-order valence-corrected chi connectivity index (χ4v) is 3.35. The lowest BCUT2D eigenvalue weighted by Gasteiger charge is -2.22. The van der Waals surface area contributed by atoms with E-state index in [0.717, 1.165) is 15.0 Å². The minimum atomic E-state index is -3.60. The van der Waals surface area contributed by atoms with Crippen LogP contribution in [0.3, 0.4) is 0 Å². The van der Waals surface area contributed by atoms with E-state index in [2.05, 4.69) is 21.2 Å². The first kappa shape index (κ1) is 20.3. The molecule has 0 spiro atoms. The molecule has 0 unspecified atom stereocenters. The molecule has 6 nitrogen and oxygen atoms in total. The van der Waals surface area contributed by atoms with E-state index in [1.54, 1.807) is 48.5 Å². The molecule has 0 aliphatic carbocycles. The van der Waals surface area contributed by atoms with Crippen LogP contribution >= 0.6 is 15.9 Å². The maximum absolute atomic E-state index is 12.3. The summed E-state index contributed by atoms with van der Waals surface area (Å²) in [5, 5.41) is 2.70. The summed E-state index contributed by atoms with van der Waals surface area (Å²) in [6.07, 6.45) is 1.13. The Bertz CT molecular complexity index is 850. The normalized spacial score (nSPS) is 11.3. The molecule has 0 aliphatic rings. The minimum Gasteiger partial charge on any atom is -0.491 e. The highest BCUT2D eigenvalue weighted by Crippen LogP contribution is 2.21. The van der Waals surface area contributed by atoms with E-state index in [4.69, 9.17) is 4.74 Å². The number of nitrogens with zero attached hydrogens (tertiary/aromatic N) is 1. The van der Waals surface area contributed by atoms with Crippen LogP contribution in [0, 0.1) is 0 Å². The summed E-state index contributed by atoms with van der Waals surface area (Å²) in [6.45, 7) is 3.54. The molecule has 2 aromatic carbocycles. The first-order chi connectivity index (χ1) is 12.1. The van der Waals surface area contributed by atoms with Gasteiger partial charge in [0.2, 0.25) is 15.9 Å². The molecule has 0 heterocycles. The van der Waals surface area contributed by atoms with Crippen LogP contribution in [0.25, 0.3) is 0 Å². The lowest BCUT2D eigenvalue weighted by molar-refractivity contribution is -0.114. The fraction of sp³-hybridized carbons (Fsp3) is 0.278. The van der Waals surface area contributed by atoms with E-state index in [-0.39, 0.29) is 12.6 Å². The topological polar surface area (TPSA) is 75.7 Å².